The van der Waals surface area contributed by atoms with E-state index in [9.17, 15) is 9.18 Å². The van der Waals surface area contributed by atoms with Crippen LogP contribution in [0.5, 0.6) is 0 Å². The van der Waals surface area contributed by atoms with Gasteiger partial charge in [0.2, 0.25) is 0 Å². The molecule has 1 amide bonds. The minimum absolute atomic E-state index is 0.0389. The summed E-state index contributed by atoms with van der Waals surface area (Å²) in [4.78, 5) is 11.8. The van der Waals surface area contributed by atoms with E-state index in [2.05, 4.69) is 15.5 Å². The Morgan fingerprint density at radius 1 is 1.50 bits per heavy atom. The van der Waals surface area contributed by atoms with E-state index < -0.39 is 5.82 Å². The zero-order valence-electron chi connectivity index (χ0n) is 11.2. The molecule has 1 heterocycles. The van der Waals surface area contributed by atoms with E-state index in [0.29, 0.717) is 6.54 Å². The van der Waals surface area contributed by atoms with Crippen molar-refractivity contribution in [2.24, 2.45) is 0 Å². The number of aromatic nitrogens is 2. The SMILES string of the molecule is Cc1[nH]ncc1CCCNC(=O)c1ccc(N)c(F)c1. The van der Waals surface area contributed by atoms with Gasteiger partial charge in [-0.1, -0.05) is 0 Å². The lowest BCUT2D eigenvalue weighted by molar-refractivity contribution is 0.0953. The molecule has 0 aliphatic rings. The van der Waals surface area contributed by atoms with Crippen molar-refractivity contribution in [2.45, 2.75) is 19.8 Å². The standard InChI is InChI=1S/C14H17FN4O/c1-9-11(8-18-19-9)3-2-6-17-14(20)10-4-5-13(16)12(15)7-10/h4-5,7-8H,2-3,6,16H2,1H3,(H,17,20)(H,18,19). The maximum absolute atomic E-state index is 13.2. The number of carbonyl (C=O) groups excluding carboxylic acids is 1. The van der Waals surface area contributed by atoms with Crippen molar-refractivity contribution in [1.82, 2.24) is 15.5 Å². The molecule has 20 heavy (non-hydrogen) atoms. The highest BCUT2D eigenvalue weighted by Gasteiger charge is 2.08. The molecule has 0 fully saturated rings. The Hall–Kier alpha value is -2.37. The van der Waals surface area contributed by atoms with Crippen LogP contribution < -0.4 is 11.1 Å². The molecule has 1 aromatic heterocycles. The number of benzene rings is 1. The number of amides is 1. The quantitative estimate of drug-likeness (QED) is 0.575. The van der Waals surface area contributed by atoms with Gasteiger partial charge in [0.25, 0.3) is 5.91 Å². The van der Waals surface area contributed by atoms with Crippen LogP contribution in [-0.2, 0) is 6.42 Å². The summed E-state index contributed by atoms with van der Waals surface area (Å²) in [5, 5.41) is 9.55. The molecule has 0 aliphatic heterocycles. The molecule has 0 saturated carbocycles. The lowest BCUT2D eigenvalue weighted by atomic mass is 10.1. The van der Waals surface area contributed by atoms with Crippen LogP contribution in [0.2, 0.25) is 0 Å². The number of nitrogens with zero attached hydrogens (tertiary/aromatic N) is 1. The Morgan fingerprint density at radius 2 is 2.30 bits per heavy atom. The van der Waals surface area contributed by atoms with Crippen LogP contribution >= 0.6 is 0 Å². The van der Waals surface area contributed by atoms with Gasteiger partial charge in [0.05, 0.1) is 11.9 Å². The molecule has 0 aliphatic carbocycles. The van der Waals surface area contributed by atoms with Crippen LogP contribution in [0.25, 0.3) is 0 Å². The summed E-state index contributed by atoms with van der Waals surface area (Å²) in [7, 11) is 0. The van der Waals surface area contributed by atoms with Crippen LogP contribution in [0.1, 0.15) is 28.0 Å². The first-order valence-electron chi connectivity index (χ1n) is 6.40. The largest absolute Gasteiger partial charge is 0.396 e. The molecule has 6 heteroatoms. The zero-order chi connectivity index (χ0) is 14.5. The molecule has 0 atom stereocenters. The number of rotatable bonds is 5. The summed E-state index contributed by atoms with van der Waals surface area (Å²) in [5.74, 6) is -0.875. The Labute approximate surface area is 116 Å². The maximum atomic E-state index is 13.2. The molecule has 5 nitrogen and oxygen atoms in total. The van der Waals surface area contributed by atoms with E-state index in [1.54, 1.807) is 6.20 Å². The van der Waals surface area contributed by atoms with Gasteiger partial charge >= 0.3 is 0 Å². The summed E-state index contributed by atoms with van der Waals surface area (Å²) in [6, 6.07) is 4.04. The van der Waals surface area contributed by atoms with Crippen molar-refractivity contribution in [3.05, 3.63) is 47.0 Å². The normalized spacial score (nSPS) is 10.5. The van der Waals surface area contributed by atoms with Crippen LogP contribution in [0.4, 0.5) is 10.1 Å². The lowest BCUT2D eigenvalue weighted by Gasteiger charge is -2.06. The molecule has 0 radical (unpaired) electrons. The smallest absolute Gasteiger partial charge is 0.251 e. The second-order valence-corrected chi connectivity index (χ2v) is 4.62. The summed E-state index contributed by atoms with van der Waals surface area (Å²) in [6.07, 6.45) is 3.41. The number of anilines is 1. The maximum Gasteiger partial charge on any atom is 0.251 e. The van der Waals surface area contributed by atoms with Crippen molar-refractivity contribution in [3.63, 3.8) is 0 Å². The third kappa shape index (κ3) is 3.34. The molecule has 2 rings (SSSR count). The van der Waals surface area contributed by atoms with Gasteiger partial charge in [-0.25, -0.2) is 4.39 Å². The fourth-order valence-electron chi connectivity index (χ4n) is 1.88. The fraction of sp³-hybridized carbons (Fsp3) is 0.286. The summed E-state index contributed by atoms with van der Waals surface area (Å²) in [6.45, 7) is 2.48. The van der Waals surface area contributed by atoms with Crippen molar-refractivity contribution < 1.29 is 9.18 Å². The number of nitrogens with one attached hydrogen (secondary N) is 2. The molecular formula is C14H17FN4O. The van der Waals surface area contributed by atoms with E-state index in [-0.39, 0.29) is 17.2 Å². The monoisotopic (exact) mass is 276 g/mol. The number of halogens is 1. The average molecular weight is 276 g/mol. The molecule has 0 unspecified atom stereocenters. The van der Waals surface area contributed by atoms with E-state index >= 15 is 0 Å². The lowest BCUT2D eigenvalue weighted by Crippen LogP contribution is -2.25. The van der Waals surface area contributed by atoms with Crippen LogP contribution in [0, 0.1) is 12.7 Å². The minimum atomic E-state index is -0.577. The van der Waals surface area contributed by atoms with Crippen molar-refractivity contribution in [2.75, 3.05) is 12.3 Å². The minimum Gasteiger partial charge on any atom is -0.396 e. The molecule has 0 bridgehead atoms. The van der Waals surface area contributed by atoms with Gasteiger partial charge in [-0.15, -0.1) is 0 Å². The predicted molar refractivity (Wildman–Crippen MR) is 74.8 cm³/mol. The molecular weight excluding hydrogens is 259 g/mol. The number of aromatic amines is 1. The summed E-state index contributed by atoms with van der Waals surface area (Å²) in [5.41, 5.74) is 7.85. The van der Waals surface area contributed by atoms with Crippen LogP contribution in [0.3, 0.4) is 0 Å². The fourth-order valence-corrected chi connectivity index (χ4v) is 1.88. The highest BCUT2D eigenvalue weighted by atomic mass is 19.1. The van der Waals surface area contributed by atoms with Crippen molar-refractivity contribution in [1.29, 1.82) is 0 Å². The van der Waals surface area contributed by atoms with Gasteiger partial charge in [0.1, 0.15) is 5.82 Å². The molecule has 0 spiro atoms. The van der Waals surface area contributed by atoms with E-state index in [1.807, 2.05) is 6.92 Å². The number of aryl methyl sites for hydroxylation is 2. The van der Waals surface area contributed by atoms with Gasteiger partial charge in [-0.05, 0) is 43.5 Å². The first-order valence-corrected chi connectivity index (χ1v) is 6.40. The average Bonchev–Trinajstić information content (AvgIpc) is 2.83. The third-order valence-corrected chi connectivity index (χ3v) is 3.11. The topological polar surface area (TPSA) is 83.8 Å². The molecule has 2 aromatic rings. The van der Waals surface area contributed by atoms with E-state index in [4.69, 9.17) is 5.73 Å². The first kappa shape index (κ1) is 14.0. The highest BCUT2D eigenvalue weighted by molar-refractivity contribution is 5.94. The van der Waals surface area contributed by atoms with Crippen molar-refractivity contribution in [3.8, 4) is 0 Å². The van der Waals surface area contributed by atoms with Gasteiger partial charge in [-0.3, -0.25) is 9.89 Å². The van der Waals surface area contributed by atoms with Gasteiger partial charge in [0, 0.05) is 17.8 Å². The predicted octanol–water partition coefficient (Wildman–Crippen LogP) is 1.80. The van der Waals surface area contributed by atoms with Gasteiger partial charge in [0.15, 0.2) is 0 Å². The summed E-state index contributed by atoms with van der Waals surface area (Å²) < 4.78 is 13.2. The number of H-pyrrole nitrogens is 1. The summed E-state index contributed by atoms with van der Waals surface area (Å²) >= 11 is 0. The molecule has 1 aromatic carbocycles. The van der Waals surface area contributed by atoms with E-state index in [1.165, 1.54) is 12.1 Å². The van der Waals surface area contributed by atoms with Crippen LogP contribution in [-0.4, -0.2) is 22.6 Å². The molecule has 4 N–H and O–H groups in total. The number of nitrogens with two attached hydrogens (primary N) is 1. The first-order chi connectivity index (χ1) is 9.58. The number of hydrogen-bond donors (Lipinski definition) is 3. The number of nitrogen functional groups attached to an aromatic ring is 1. The Kier molecular flexibility index (Phi) is 4.34. The highest BCUT2D eigenvalue weighted by Crippen LogP contribution is 2.12. The Morgan fingerprint density at radius 3 is 2.95 bits per heavy atom. The van der Waals surface area contributed by atoms with Crippen LogP contribution in [0.15, 0.2) is 24.4 Å². The van der Waals surface area contributed by atoms with Gasteiger partial charge in [-0.2, -0.15) is 5.10 Å². The molecule has 0 saturated heterocycles. The second kappa shape index (κ2) is 6.18. The Bertz CT molecular complexity index is 609. The Balaban J connectivity index is 1.80. The molecule has 106 valence electrons. The van der Waals surface area contributed by atoms with Gasteiger partial charge < -0.3 is 11.1 Å². The zero-order valence-corrected chi connectivity index (χ0v) is 11.2. The second-order valence-electron chi connectivity index (χ2n) is 4.62. The number of carbonyl (C=O) groups is 1. The van der Waals surface area contributed by atoms with Crippen molar-refractivity contribution >= 4 is 11.6 Å². The van der Waals surface area contributed by atoms with E-state index in [0.717, 1.165) is 30.2 Å². The third-order valence-electron chi connectivity index (χ3n) is 3.11. The number of hydrogen-bond acceptors (Lipinski definition) is 3.